The Bertz CT molecular complexity index is 1080. The summed E-state index contributed by atoms with van der Waals surface area (Å²) in [5, 5.41) is 0. The molecule has 0 spiro atoms. The van der Waals surface area contributed by atoms with Crippen molar-refractivity contribution in [3.63, 3.8) is 0 Å². The Morgan fingerprint density at radius 1 is 0.833 bits per heavy atom. The quantitative estimate of drug-likeness (QED) is 0.306. The van der Waals surface area contributed by atoms with Crippen LogP contribution in [0.4, 0.5) is 22.0 Å². The first kappa shape index (κ1) is 20.4. The van der Waals surface area contributed by atoms with Crippen LogP contribution in [-0.4, -0.2) is 6.36 Å². The summed E-state index contributed by atoms with van der Waals surface area (Å²) >= 11 is 0. The van der Waals surface area contributed by atoms with Gasteiger partial charge in [0.1, 0.15) is 0 Å². The van der Waals surface area contributed by atoms with Gasteiger partial charge in [0.05, 0.1) is 0 Å². The van der Waals surface area contributed by atoms with E-state index in [9.17, 15) is 22.0 Å². The number of rotatable bonds is 5. The van der Waals surface area contributed by atoms with Crippen LogP contribution >= 0.6 is 0 Å². The summed E-state index contributed by atoms with van der Waals surface area (Å²) in [6, 6.07) is 13.6. The average molecular weight is 418 g/mol. The van der Waals surface area contributed by atoms with Crippen LogP contribution in [0.5, 0.6) is 5.75 Å². The van der Waals surface area contributed by atoms with Crippen LogP contribution in [-0.2, 0) is 12.8 Å². The van der Waals surface area contributed by atoms with Crippen molar-refractivity contribution in [1.82, 2.24) is 0 Å². The van der Waals surface area contributed by atoms with E-state index in [2.05, 4.69) is 29.9 Å². The third kappa shape index (κ3) is 4.04. The Hall–Kier alpha value is -2.89. The fraction of sp³-hybridized carbons (Fsp3) is 0.250. The zero-order chi connectivity index (χ0) is 21.5. The highest BCUT2D eigenvalue weighted by atomic mass is 19.4. The standard InChI is InChI=1S/C24H19F5O/c1-2-3-4-14-5-7-19-17(9-14)11-18-10-15(6-8-20(18)19)16-12-21(25)23(22(26)13-16)30-24(27,28)29/h5-10,12-13H,2-4,11H2,1H3. The van der Waals surface area contributed by atoms with Crippen molar-refractivity contribution in [2.45, 2.75) is 39.0 Å². The van der Waals surface area contributed by atoms with Gasteiger partial charge in [-0.25, -0.2) is 8.78 Å². The molecule has 0 fully saturated rings. The fourth-order valence-corrected chi connectivity index (χ4v) is 3.92. The van der Waals surface area contributed by atoms with E-state index in [1.165, 1.54) is 11.1 Å². The van der Waals surface area contributed by atoms with Gasteiger partial charge in [-0.3, -0.25) is 0 Å². The van der Waals surface area contributed by atoms with Crippen LogP contribution in [0.3, 0.4) is 0 Å². The first-order valence-corrected chi connectivity index (χ1v) is 9.75. The molecule has 0 saturated heterocycles. The number of unbranched alkanes of at least 4 members (excludes halogenated alkanes) is 1. The number of ether oxygens (including phenoxy) is 1. The Morgan fingerprint density at radius 2 is 1.47 bits per heavy atom. The summed E-state index contributed by atoms with van der Waals surface area (Å²) < 4.78 is 68.7. The highest BCUT2D eigenvalue weighted by Gasteiger charge is 2.34. The van der Waals surface area contributed by atoms with E-state index in [0.717, 1.165) is 48.1 Å². The molecule has 0 aromatic heterocycles. The van der Waals surface area contributed by atoms with Gasteiger partial charge in [0.25, 0.3) is 0 Å². The normalized spacial score (nSPS) is 12.6. The Morgan fingerprint density at radius 3 is 2.10 bits per heavy atom. The van der Waals surface area contributed by atoms with E-state index < -0.39 is 23.7 Å². The van der Waals surface area contributed by atoms with Crippen molar-refractivity contribution in [3.8, 4) is 28.0 Å². The maximum atomic E-state index is 14.1. The van der Waals surface area contributed by atoms with Gasteiger partial charge in [0.15, 0.2) is 11.6 Å². The lowest BCUT2D eigenvalue weighted by atomic mass is 9.98. The van der Waals surface area contributed by atoms with Crippen LogP contribution in [0.2, 0.25) is 0 Å². The van der Waals surface area contributed by atoms with Crippen LogP contribution in [0.25, 0.3) is 22.3 Å². The molecule has 0 saturated carbocycles. The van der Waals surface area contributed by atoms with Crippen LogP contribution in [0, 0.1) is 11.6 Å². The smallest absolute Gasteiger partial charge is 0.399 e. The lowest BCUT2D eigenvalue weighted by Crippen LogP contribution is -2.19. The van der Waals surface area contributed by atoms with Gasteiger partial charge < -0.3 is 4.74 Å². The summed E-state index contributed by atoms with van der Waals surface area (Å²) in [5.41, 5.74) is 6.41. The van der Waals surface area contributed by atoms with Crippen LogP contribution < -0.4 is 4.74 Å². The van der Waals surface area contributed by atoms with E-state index in [1.807, 2.05) is 12.1 Å². The van der Waals surface area contributed by atoms with Gasteiger partial charge >= 0.3 is 6.36 Å². The van der Waals surface area contributed by atoms with Gasteiger partial charge in [0.2, 0.25) is 5.75 Å². The van der Waals surface area contributed by atoms with E-state index in [-0.39, 0.29) is 5.56 Å². The monoisotopic (exact) mass is 418 g/mol. The minimum Gasteiger partial charge on any atom is -0.399 e. The van der Waals surface area contributed by atoms with Gasteiger partial charge in [-0.1, -0.05) is 49.7 Å². The van der Waals surface area contributed by atoms with Crippen molar-refractivity contribution in [3.05, 3.63) is 76.9 Å². The molecule has 3 aromatic rings. The van der Waals surface area contributed by atoms with E-state index in [4.69, 9.17) is 0 Å². The number of fused-ring (bicyclic) bond motifs is 3. The molecule has 1 aliphatic rings. The Balaban J connectivity index is 1.64. The maximum absolute atomic E-state index is 14.1. The third-order valence-corrected chi connectivity index (χ3v) is 5.31. The third-order valence-electron chi connectivity index (χ3n) is 5.31. The zero-order valence-electron chi connectivity index (χ0n) is 16.2. The number of alkyl halides is 3. The number of benzene rings is 3. The fourth-order valence-electron chi connectivity index (χ4n) is 3.92. The van der Waals surface area contributed by atoms with E-state index in [1.54, 1.807) is 6.07 Å². The minimum atomic E-state index is -5.17. The topological polar surface area (TPSA) is 9.23 Å². The summed E-state index contributed by atoms with van der Waals surface area (Å²) in [6.45, 7) is 2.15. The lowest BCUT2D eigenvalue weighted by Gasteiger charge is -2.12. The molecule has 0 unspecified atom stereocenters. The predicted molar refractivity (Wildman–Crippen MR) is 105 cm³/mol. The predicted octanol–water partition coefficient (Wildman–Crippen LogP) is 7.44. The van der Waals surface area contributed by atoms with E-state index >= 15 is 0 Å². The van der Waals surface area contributed by atoms with Crippen LogP contribution in [0.1, 0.15) is 36.5 Å². The highest BCUT2D eigenvalue weighted by molar-refractivity contribution is 5.80. The van der Waals surface area contributed by atoms with Gasteiger partial charge in [0, 0.05) is 0 Å². The second kappa shape index (κ2) is 7.74. The number of halogens is 5. The summed E-state index contributed by atoms with van der Waals surface area (Å²) in [6.07, 6.45) is -1.19. The second-order valence-corrected chi connectivity index (χ2v) is 7.46. The summed E-state index contributed by atoms with van der Waals surface area (Å²) in [5.74, 6) is -4.24. The van der Waals surface area contributed by atoms with Crippen molar-refractivity contribution in [1.29, 1.82) is 0 Å². The molecule has 0 radical (unpaired) electrons. The molecule has 156 valence electrons. The Kier molecular flexibility index (Phi) is 5.26. The number of hydrogen-bond donors (Lipinski definition) is 0. The molecule has 0 atom stereocenters. The molecule has 1 nitrogen and oxygen atoms in total. The molecule has 30 heavy (non-hydrogen) atoms. The SMILES string of the molecule is CCCCc1ccc2c(c1)Cc1cc(-c3cc(F)c(OC(F)(F)F)c(F)c3)ccc1-2. The van der Waals surface area contributed by atoms with Crippen molar-refractivity contribution in [2.24, 2.45) is 0 Å². The molecule has 0 heterocycles. The van der Waals surface area contributed by atoms with Crippen molar-refractivity contribution >= 4 is 0 Å². The van der Waals surface area contributed by atoms with Crippen molar-refractivity contribution in [2.75, 3.05) is 0 Å². The van der Waals surface area contributed by atoms with Crippen molar-refractivity contribution < 1.29 is 26.7 Å². The molecule has 6 heteroatoms. The van der Waals surface area contributed by atoms with E-state index in [0.29, 0.717) is 12.0 Å². The molecule has 4 rings (SSSR count). The highest BCUT2D eigenvalue weighted by Crippen LogP contribution is 2.40. The van der Waals surface area contributed by atoms with Gasteiger partial charge in [-0.15, -0.1) is 13.2 Å². The summed E-state index contributed by atoms with van der Waals surface area (Å²) in [4.78, 5) is 0. The second-order valence-electron chi connectivity index (χ2n) is 7.46. The first-order valence-electron chi connectivity index (χ1n) is 9.75. The largest absolute Gasteiger partial charge is 0.573 e. The zero-order valence-corrected chi connectivity index (χ0v) is 16.2. The molecule has 0 N–H and O–H groups in total. The average Bonchev–Trinajstić information content (AvgIpc) is 3.05. The molecule has 1 aliphatic carbocycles. The molecule has 0 amide bonds. The number of aryl methyl sites for hydroxylation is 1. The Labute approximate surface area is 171 Å². The summed E-state index contributed by atoms with van der Waals surface area (Å²) in [7, 11) is 0. The molecular formula is C24H19F5O. The first-order chi connectivity index (χ1) is 14.2. The molecule has 3 aromatic carbocycles. The molecule has 0 aliphatic heterocycles. The molecular weight excluding hydrogens is 399 g/mol. The van der Waals surface area contributed by atoms with Gasteiger partial charge in [-0.05, 0) is 70.3 Å². The van der Waals surface area contributed by atoms with Crippen LogP contribution in [0.15, 0.2) is 48.5 Å². The maximum Gasteiger partial charge on any atom is 0.573 e. The van der Waals surface area contributed by atoms with Gasteiger partial charge in [-0.2, -0.15) is 0 Å². The number of hydrogen-bond acceptors (Lipinski definition) is 1. The lowest BCUT2D eigenvalue weighted by molar-refractivity contribution is -0.276. The minimum absolute atomic E-state index is 0.155. The molecule has 0 bridgehead atoms.